The summed E-state index contributed by atoms with van der Waals surface area (Å²) < 4.78 is 7.66. The van der Waals surface area contributed by atoms with E-state index in [1.165, 1.54) is 11.8 Å². The highest BCUT2D eigenvalue weighted by Gasteiger charge is 2.14. The first-order valence-electron chi connectivity index (χ1n) is 8.86. The molecule has 1 heterocycles. The van der Waals surface area contributed by atoms with Gasteiger partial charge in [0, 0.05) is 12.2 Å². The monoisotopic (exact) mass is 394 g/mol. The van der Waals surface area contributed by atoms with Crippen LogP contribution in [0, 0.1) is 6.92 Å². The highest BCUT2D eigenvalue weighted by Crippen LogP contribution is 2.19. The molecule has 0 atom stereocenters. The van der Waals surface area contributed by atoms with Crippen molar-refractivity contribution >= 4 is 23.4 Å². The Kier molecular flexibility index (Phi) is 6.86. The minimum atomic E-state index is -0.0934. The zero-order valence-electron chi connectivity index (χ0n) is 15.7. The zero-order chi connectivity index (χ0) is 19.8. The summed E-state index contributed by atoms with van der Waals surface area (Å²) in [5.41, 5.74) is 1.93. The number of hydrogen-bond donors (Lipinski definition) is 1. The van der Waals surface area contributed by atoms with Gasteiger partial charge in [0.25, 0.3) is 0 Å². The predicted octanol–water partition coefficient (Wildman–Crippen LogP) is 4.08. The van der Waals surface area contributed by atoms with Crippen LogP contribution in [0.3, 0.4) is 0 Å². The maximum atomic E-state index is 12.2. The number of amides is 1. The molecule has 2 aromatic carbocycles. The number of aromatic nitrogens is 3. The largest absolute Gasteiger partial charge is 0.486 e. The average molecular weight is 395 g/mol. The van der Waals surface area contributed by atoms with E-state index in [9.17, 15) is 4.79 Å². The smallest absolute Gasteiger partial charge is 0.234 e. The number of nitrogens with zero attached hydrogens (tertiary/aromatic N) is 3. The third-order valence-corrected chi connectivity index (χ3v) is 4.85. The Balaban J connectivity index is 1.59. The van der Waals surface area contributed by atoms with E-state index in [-0.39, 0.29) is 11.7 Å². The minimum absolute atomic E-state index is 0.0934. The summed E-state index contributed by atoms with van der Waals surface area (Å²) in [6.07, 6.45) is 1.77. The maximum absolute atomic E-state index is 12.2. The SMILES string of the molecule is C=CCn1c(COc2ccccc2)nnc1SCC(=O)Nc1ccc(C)cc1. The molecule has 1 N–H and O–H groups in total. The average Bonchev–Trinajstić information content (AvgIpc) is 3.09. The normalized spacial score (nSPS) is 10.5. The second-order valence-corrected chi connectivity index (χ2v) is 7.05. The number of thioether (sulfide) groups is 1. The number of allylic oxidation sites excluding steroid dienone is 1. The number of aryl methyl sites for hydroxylation is 1. The molecule has 0 aliphatic rings. The molecule has 7 heteroatoms. The third-order valence-electron chi connectivity index (χ3n) is 3.88. The molecule has 0 fully saturated rings. The number of benzene rings is 2. The fourth-order valence-corrected chi connectivity index (χ4v) is 3.24. The van der Waals surface area contributed by atoms with Gasteiger partial charge in [-0.15, -0.1) is 16.8 Å². The van der Waals surface area contributed by atoms with Crippen LogP contribution in [0.2, 0.25) is 0 Å². The molecule has 1 aromatic heterocycles. The number of ether oxygens (including phenoxy) is 1. The van der Waals surface area contributed by atoms with Gasteiger partial charge in [-0.3, -0.25) is 9.36 Å². The fourth-order valence-electron chi connectivity index (χ4n) is 2.47. The van der Waals surface area contributed by atoms with Crippen LogP contribution >= 0.6 is 11.8 Å². The van der Waals surface area contributed by atoms with Gasteiger partial charge in [-0.2, -0.15) is 0 Å². The lowest BCUT2D eigenvalue weighted by atomic mass is 10.2. The summed E-state index contributed by atoms with van der Waals surface area (Å²) in [5.74, 6) is 1.60. The number of nitrogens with one attached hydrogen (secondary N) is 1. The Morgan fingerprint density at radius 2 is 1.93 bits per heavy atom. The highest BCUT2D eigenvalue weighted by atomic mass is 32.2. The van der Waals surface area contributed by atoms with E-state index in [1.54, 1.807) is 6.08 Å². The standard InChI is InChI=1S/C21H22N4O2S/c1-3-13-25-19(14-27-18-7-5-4-6-8-18)23-24-21(25)28-15-20(26)22-17-11-9-16(2)10-12-17/h3-12H,1,13-15H2,2H3,(H,22,26). The number of para-hydroxylation sites is 1. The third kappa shape index (κ3) is 5.47. The molecule has 0 spiro atoms. The van der Waals surface area contributed by atoms with Crippen molar-refractivity contribution in [3.63, 3.8) is 0 Å². The second kappa shape index (κ2) is 9.75. The lowest BCUT2D eigenvalue weighted by Gasteiger charge is -2.09. The molecule has 3 rings (SSSR count). The van der Waals surface area contributed by atoms with Gasteiger partial charge >= 0.3 is 0 Å². The molecule has 0 saturated heterocycles. The molecule has 0 aliphatic heterocycles. The van der Waals surface area contributed by atoms with Crippen LogP contribution in [-0.2, 0) is 17.9 Å². The first-order valence-corrected chi connectivity index (χ1v) is 9.84. The number of hydrogen-bond acceptors (Lipinski definition) is 5. The Bertz CT molecular complexity index is 923. The molecule has 28 heavy (non-hydrogen) atoms. The van der Waals surface area contributed by atoms with E-state index in [2.05, 4.69) is 22.1 Å². The van der Waals surface area contributed by atoms with Gasteiger partial charge in [0.15, 0.2) is 11.0 Å². The van der Waals surface area contributed by atoms with E-state index in [1.807, 2.05) is 66.1 Å². The lowest BCUT2D eigenvalue weighted by Crippen LogP contribution is -2.15. The Morgan fingerprint density at radius 3 is 2.64 bits per heavy atom. The fraction of sp³-hybridized carbons (Fsp3) is 0.190. The van der Waals surface area contributed by atoms with Crippen molar-refractivity contribution < 1.29 is 9.53 Å². The van der Waals surface area contributed by atoms with Gasteiger partial charge in [-0.05, 0) is 31.2 Å². The van der Waals surface area contributed by atoms with Crippen LogP contribution in [-0.4, -0.2) is 26.4 Å². The first kappa shape index (κ1) is 19.7. The van der Waals surface area contributed by atoms with E-state index in [0.717, 1.165) is 17.0 Å². The number of anilines is 1. The molecule has 0 unspecified atom stereocenters. The van der Waals surface area contributed by atoms with Gasteiger partial charge in [0.2, 0.25) is 5.91 Å². The Morgan fingerprint density at radius 1 is 1.18 bits per heavy atom. The molecule has 6 nitrogen and oxygen atoms in total. The van der Waals surface area contributed by atoms with E-state index in [4.69, 9.17) is 4.74 Å². The maximum Gasteiger partial charge on any atom is 0.234 e. The first-order chi connectivity index (χ1) is 13.7. The quantitative estimate of drug-likeness (QED) is 0.437. The summed E-state index contributed by atoms with van der Waals surface area (Å²) >= 11 is 1.33. The van der Waals surface area contributed by atoms with Gasteiger partial charge < -0.3 is 10.1 Å². The van der Waals surface area contributed by atoms with Crippen LogP contribution in [0.25, 0.3) is 0 Å². The van der Waals surface area contributed by atoms with Crippen molar-refractivity contribution in [2.45, 2.75) is 25.2 Å². The Labute approximate surface area is 168 Å². The molecule has 0 aliphatic carbocycles. The zero-order valence-corrected chi connectivity index (χ0v) is 16.5. The van der Waals surface area contributed by atoms with Crippen molar-refractivity contribution in [1.82, 2.24) is 14.8 Å². The van der Waals surface area contributed by atoms with Crippen LogP contribution in [0.5, 0.6) is 5.75 Å². The van der Waals surface area contributed by atoms with Crippen LogP contribution in [0.4, 0.5) is 5.69 Å². The molecule has 0 bridgehead atoms. The van der Waals surface area contributed by atoms with Gasteiger partial charge in [-0.1, -0.05) is 53.7 Å². The number of carbonyl (C=O) groups excluding carboxylic acids is 1. The van der Waals surface area contributed by atoms with Gasteiger partial charge in [0.05, 0.1) is 5.75 Å². The van der Waals surface area contributed by atoms with Crippen molar-refractivity contribution in [3.8, 4) is 5.75 Å². The van der Waals surface area contributed by atoms with Crippen molar-refractivity contribution in [2.75, 3.05) is 11.1 Å². The molecule has 0 radical (unpaired) electrons. The molecule has 0 saturated carbocycles. The van der Waals surface area contributed by atoms with E-state index < -0.39 is 0 Å². The molecular weight excluding hydrogens is 372 g/mol. The van der Waals surface area contributed by atoms with Crippen molar-refractivity contribution in [1.29, 1.82) is 0 Å². The number of rotatable bonds is 9. The summed E-state index contributed by atoms with van der Waals surface area (Å²) in [5, 5.41) is 12.0. The molecular formula is C21H22N4O2S. The summed E-state index contributed by atoms with van der Waals surface area (Å²) in [6.45, 7) is 6.63. The summed E-state index contributed by atoms with van der Waals surface area (Å²) in [6, 6.07) is 17.2. The van der Waals surface area contributed by atoms with Crippen LogP contribution in [0.15, 0.2) is 72.4 Å². The van der Waals surface area contributed by atoms with Crippen LogP contribution in [0.1, 0.15) is 11.4 Å². The summed E-state index contributed by atoms with van der Waals surface area (Å²) in [4.78, 5) is 12.2. The lowest BCUT2D eigenvalue weighted by molar-refractivity contribution is -0.113. The van der Waals surface area contributed by atoms with E-state index >= 15 is 0 Å². The second-order valence-electron chi connectivity index (χ2n) is 6.10. The Hall–Kier alpha value is -3.06. The van der Waals surface area contributed by atoms with Gasteiger partial charge in [0.1, 0.15) is 12.4 Å². The highest BCUT2D eigenvalue weighted by molar-refractivity contribution is 7.99. The van der Waals surface area contributed by atoms with Crippen LogP contribution < -0.4 is 10.1 Å². The topological polar surface area (TPSA) is 69.0 Å². The van der Waals surface area contributed by atoms with Crippen molar-refractivity contribution in [2.24, 2.45) is 0 Å². The van der Waals surface area contributed by atoms with E-state index in [0.29, 0.717) is 24.1 Å². The molecule has 1 amide bonds. The molecule has 3 aromatic rings. The van der Waals surface area contributed by atoms with Gasteiger partial charge in [-0.25, -0.2) is 0 Å². The summed E-state index contributed by atoms with van der Waals surface area (Å²) in [7, 11) is 0. The number of carbonyl (C=O) groups is 1. The minimum Gasteiger partial charge on any atom is -0.486 e. The molecule has 144 valence electrons. The predicted molar refractivity (Wildman–Crippen MR) is 112 cm³/mol. The van der Waals surface area contributed by atoms with Crippen molar-refractivity contribution in [3.05, 3.63) is 78.6 Å².